The zero-order valence-electron chi connectivity index (χ0n) is 18.1. The molecule has 170 valence electrons. The predicted octanol–water partition coefficient (Wildman–Crippen LogP) is 3.26. The summed E-state index contributed by atoms with van der Waals surface area (Å²) in [5.41, 5.74) is -1.25. The zero-order valence-corrected chi connectivity index (χ0v) is 19.7. The molecule has 0 saturated carbocycles. The molecule has 2 aliphatic heterocycles. The first-order valence-electron chi connectivity index (χ1n) is 10.7. The average molecular weight is 503 g/mol. The van der Waals surface area contributed by atoms with Crippen molar-refractivity contribution >= 4 is 39.2 Å². The second-order valence-corrected chi connectivity index (χ2v) is 8.88. The van der Waals surface area contributed by atoms with Crippen LogP contribution >= 0.6 is 15.9 Å². The van der Waals surface area contributed by atoms with Gasteiger partial charge in [0.05, 0.1) is 18.5 Å². The molecular weight excluding hydrogens is 476 g/mol. The molecule has 0 bridgehead atoms. The number of hydrogen-bond donors (Lipinski definition) is 3. The predicted molar refractivity (Wildman–Crippen MR) is 126 cm³/mol. The van der Waals surface area contributed by atoms with Crippen molar-refractivity contribution in [3.05, 3.63) is 52.5 Å². The van der Waals surface area contributed by atoms with Crippen molar-refractivity contribution in [2.75, 3.05) is 37.0 Å². The Morgan fingerprint density at radius 1 is 1.34 bits per heavy atom. The third-order valence-electron chi connectivity index (χ3n) is 6.16. The molecule has 2 aliphatic rings. The Labute approximate surface area is 195 Å². The molecule has 0 aliphatic carbocycles. The first kappa shape index (κ1) is 22.6. The highest BCUT2D eigenvalue weighted by molar-refractivity contribution is 9.10. The van der Waals surface area contributed by atoms with Gasteiger partial charge in [0.1, 0.15) is 5.75 Å². The average Bonchev–Trinajstić information content (AvgIpc) is 3.25. The summed E-state index contributed by atoms with van der Waals surface area (Å²) >= 11 is 3.41. The number of benzene rings is 2. The van der Waals surface area contributed by atoms with Crippen LogP contribution in [0.1, 0.15) is 25.3 Å². The Hall–Kier alpha value is -2.62. The van der Waals surface area contributed by atoms with Crippen LogP contribution in [0, 0.1) is 0 Å². The number of methoxy groups -OCH3 is 1. The lowest BCUT2D eigenvalue weighted by molar-refractivity contribution is -0.140. The molecule has 9 heteroatoms. The maximum absolute atomic E-state index is 13.6. The molecule has 0 radical (unpaired) electrons. The number of carbonyl (C=O) groups is 2. The van der Waals surface area contributed by atoms with Gasteiger partial charge in [0.2, 0.25) is 0 Å². The van der Waals surface area contributed by atoms with Crippen molar-refractivity contribution in [2.24, 2.45) is 0 Å². The van der Waals surface area contributed by atoms with E-state index in [9.17, 15) is 14.7 Å². The van der Waals surface area contributed by atoms with E-state index >= 15 is 0 Å². The molecule has 1 fully saturated rings. The van der Waals surface area contributed by atoms with Gasteiger partial charge in [-0.3, -0.25) is 14.6 Å². The Balaban J connectivity index is 1.74. The van der Waals surface area contributed by atoms with Gasteiger partial charge < -0.3 is 20.5 Å². The quantitative estimate of drug-likeness (QED) is 0.563. The number of carbonyl (C=O) groups excluding carboxylic acids is 2. The summed E-state index contributed by atoms with van der Waals surface area (Å²) in [6.07, 6.45) is 2.06. The summed E-state index contributed by atoms with van der Waals surface area (Å²) < 4.78 is 5.96. The fourth-order valence-electron chi connectivity index (χ4n) is 4.51. The van der Waals surface area contributed by atoms with Crippen LogP contribution in [0.25, 0.3) is 0 Å². The number of amides is 3. The molecule has 3 N–H and O–H groups in total. The summed E-state index contributed by atoms with van der Waals surface area (Å²) in [6.45, 7) is 4.39. The minimum Gasteiger partial charge on any atom is -0.497 e. The van der Waals surface area contributed by atoms with E-state index in [1.807, 2.05) is 0 Å². The molecule has 32 heavy (non-hydrogen) atoms. The number of nitrogens with zero attached hydrogens (tertiary/aromatic N) is 2. The standard InChI is InChI=1S/C23H27BrN4O4/c1-3-27-11-5-7-17(27)14-25-21(29)23(31)19-12-15(24)9-10-20(19)26-22(30)28(23)16-6-4-8-18(13-16)32-2/h4,6,8-10,12-13,17,31H,3,5,7,11,14H2,1-2H3,(H,25,29)(H,26,30)/t17-,23-/m1/s1. The van der Waals surface area contributed by atoms with Crippen LogP contribution in [-0.2, 0) is 10.5 Å². The highest BCUT2D eigenvalue weighted by Crippen LogP contribution is 2.41. The van der Waals surface area contributed by atoms with Gasteiger partial charge >= 0.3 is 6.03 Å². The van der Waals surface area contributed by atoms with E-state index in [4.69, 9.17) is 4.74 Å². The second-order valence-electron chi connectivity index (χ2n) is 7.96. The number of aliphatic hydroxyl groups is 1. The van der Waals surface area contributed by atoms with Gasteiger partial charge in [0.15, 0.2) is 0 Å². The molecule has 0 unspecified atom stereocenters. The smallest absolute Gasteiger partial charge is 0.329 e. The number of hydrogen-bond acceptors (Lipinski definition) is 5. The zero-order chi connectivity index (χ0) is 22.9. The highest BCUT2D eigenvalue weighted by Gasteiger charge is 2.52. The van der Waals surface area contributed by atoms with Gasteiger partial charge in [0.25, 0.3) is 11.6 Å². The number of halogens is 1. The first-order chi connectivity index (χ1) is 15.4. The molecule has 2 aromatic carbocycles. The van der Waals surface area contributed by atoms with E-state index in [0.717, 1.165) is 30.8 Å². The van der Waals surface area contributed by atoms with Gasteiger partial charge in [-0.1, -0.05) is 28.9 Å². The van der Waals surface area contributed by atoms with E-state index < -0.39 is 17.7 Å². The lowest BCUT2D eigenvalue weighted by Gasteiger charge is -2.43. The Morgan fingerprint density at radius 3 is 2.91 bits per heavy atom. The number of likely N-dealkylation sites (tertiary alicyclic amines) is 1. The lowest BCUT2D eigenvalue weighted by Crippen LogP contribution is -2.63. The number of likely N-dealkylation sites (N-methyl/N-ethyl adjacent to an activating group) is 1. The fraction of sp³-hybridized carbons (Fsp3) is 0.391. The molecule has 8 nitrogen and oxygen atoms in total. The summed E-state index contributed by atoms with van der Waals surface area (Å²) in [4.78, 5) is 30.1. The monoisotopic (exact) mass is 502 g/mol. The molecule has 3 amide bonds. The van der Waals surface area contributed by atoms with Gasteiger partial charge in [-0.15, -0.1) is 0 Å². The second kappa shape index (κ2) is 9.09. The number of fused-ring (bicyclic) bond motifs is 1. The molecule has 4 rings (SSSR count). The third kappa shape index (κ3) is 3.96. The van der Waals surface area contributed by atoms with E-state index in [1.165, 1.54) is 7.11 Å². The number of anilines is 2. The maximum Gasteiger partial charge on any atom is 0.329 e. The van der Waals surface area contributed by atoms with Crippen LogP contribution in [0.15, 0.2) is 46.9 Å². The fourth-order valence-corrected chi connectivity index (χ4v) is 4.87. The Kier molecular flexibility index (Phi) is 6.41. The van der Waals surface area contributed by atoms with E-state index in [2.05, 4.69) is 38.4 Å². The van der Waals surface area contributed by atoms with Gasteiger partial charge in [-0.25, -0.2) is 4.79 Å². The van der Waals surface area contributed by atoms with Crippen LogP contribution < -0.4 is 20.3 Å². The summed E-state index contributed by atoms with van der Waals surface area (Å²) in [5.74, 6) is -0.153. The van der Waals surface area contributed by atoms with E-state index in [1.54, 1.807) is 42.5 Å². The molecule has 0 spiro atoms. The van der Waals surface area contributed by atoms with Crippen LogP contribution in [0.4, 0.5) is 16.2 Å². The Morgan fingerprint density at radius 2 is 2.16 bits per heavy atom. The topological polar surface area (TPSA) is 94.1 Å². The van der Waals surface area contributed by atoms with Crippen LogP contribution in [-0.4, -0.2) is 54.7 Å². The number of urea groups is 1. The summed E-state index contributed by atoms with van der Waals surface area (Å²) in [6, 6.07) is 11.3. The minimum absolute atomic E-state index is 0.206. The van der Waals surface area contributed by atoms with Gasteiger partial charge in [-0.2, -0.15) is 0 Å². The van der Waals surface area contributed by atoms with Gasteiger partial charge in [-0.05, 0) is 56.3 Å². The number of ether oxygens (including phenoxy) is 1. The van der Waals surface area contributed by atoms with Crippen molar-refractivity contribution in [1.29, 1.82) is 0 Å². The highest BCUT2D eigenvalue weighted by atomic mass is 79.9. The maximum atomic E-state index is 13.6. The largest absolute Gasteiger partial charge is 0.497 e. The van der Waals surface area contributed by atoms with Crippen molar-refractivity contribution in [2.45, 2.75) is 31.5 Å². The molecule has 0 aromatic heterocycles. The van der Waals surface area contributed by atoms with Crippen LogP contribution in [0.5, 0.6) is 5.75 Å². The lowest BCUT2D eigenvalue weighted by atomic mass is 9.94. The minimum atomic E-state index is -2.25. The molecule has 2 aromatic rings. The first-order valence-corrected chi connectivity index (χ1v) is 11.5. The third-order valence-corrected chi connectivity index (χ3v) is 6.65. The van der Waals surface area contributed by atoms with Crippen molar-refractivity contribution < 1.29 is 19.4 Å². The van der Waals surface area contributed by atoms with Crippen molar-refractivity contribution in [3.63, 3.8) is 0 Å². The summed E-state index contributed by atoms with van der Waals surface area (Å²) in [7, 11) is 1.52. The SMILES string of the molecule is CCN1CCC[C@@H]1CNC(=O)[C@]1(O)c2cc(Br)ccc2NC(=O)N1c1cccc(OC)c1. The number of nitrogens with one attached hydrogen (secondary N) is 2. The normalized spacial score (nSPS) is 22.9. The number of rotatable bonds is 6. The van der Waals surface area contributed by atoms with Crippen LogP contribution in [0.3, 0.4) is 0 Å². The molecular formula is C23H27BrN4O4. The Bertz CT molecular complexity index is 1030. The summed E-state index contributed by atoms with van der Waals surface area (Å²) in [5, 5.41) is 17.6. The van der Waals surface area contributed by atoms with Crippen LogP contribution in [0.2, 0.25) is 0 Å². The molecule has 2 atom stereocenters. The van der Waals surface area contributed by atoms with E-state index in [0.29, 0.717) is 28.1 Å². The van der Waals surface area contributed by atoms with Gasteiger partial charge in [0, 0.05) is 28.7 Å². The van der Waals surface area contributed by atoms with E-state index in [-0.39, 0.29) is 11.6 Å². The molecule has 1 saturated heterocycles. The molecule has 2 heterocycles. The van der Waals surface area contributed by atoms with Crippen molar-refractivity contribution in [3.8, 4) is 5.75 Å². The van der Waals surface area contributed by atoms with Crippen molar-refractivity contribution in [1.82, 2.24) is 10.2 Å².